The van der Waals surface area contributed by atoms with E-state index in [9.17, 15) is 23.1 Å². The topological polar surface area (TPSA) is 177 Å². The zero-order valence-corrected chi connectivity index (χ0v) is 14.5. The van der Waals surface area contributed by atoms with Crippen molar-refractivity contribution in [3.05, 3.63) is 17.8 Å². The molecular weight excluding hydrogens is 372 g/mol. The van der Waals surface area contributed by atoms with E-state index in [2.05, 4.69) is 20.4 Å². The summed E-state index contributed by atoms with van der Waals surface area (Å²) in [6.45, 7) is 0. The highest BCUT2D eigenvalue weighted by Gasteiger charge is 2.26. The second-order valence-corrected chi connectivity index (χ2v) is 6.24. The number of aromatic carboxylic acids is 1. The van der Waals surface area contributed by atoms with Gasteiger partial charge in [-0.05, 0) is 0 Å². The number of urea groups is 1. The van der Waals surface area contributed by atoms with Gasteiger partial charge in [-0.15, -0.1) is 0 Å². The molecule has 0 aliphatic carbocycles. The molecule has 0 fully saturated rings. The molecule has 0 bridgehead atoms. The summed E-state index contributed by atoms with van der Waals surface area (Å²) in [5.41, 5.74) is -0.702. The van der Waals surface area contributed by atoms with Crippen molar-refractivity contribution >= 4 is 28.0 Å². The van der Waals surface area contributed by atoms with Crippen molar-refractivity contribution < 1.29 is 32.6 Å². The van der Waals surface area contributed by atoms with Crippen LogP contribution in [0.15, 0.2) is 17.3 Å². The minimum Gasteiger partial charge on any atom is -0.545 e. The molecule has 14 heteroatoms. The number of carbonyl (C=O) groups is 2. The van der Waals surface area contributed by atoms with Crippen LogP contribution in [0.4, 0.5) is 10.7 Å². The van der Waals surface area contributed by atoms with Gasteiger partial charge in [0, 0.05) is 13.2 Å². The number of aryl methyl sites for hydroxylation is 1. The standard InChI is InChI=1S/C12H14N6O7S/c1-18-5-6(10(19)20)9(16-18)26(22,23)17-12(21)15-11-13-7(24-2)4-8(14-11)25-3/h4-5H,1-3H3,(H,19,20)(H2,13,14,15,17,21)/p-1. The molecule has 0 unspecified atom stereocenters. The quantitative estimate of drug-likeness (QED) is 0.570. The highest BCUT2D eigenvalue weighted by atomic mass is 32.2. The third-order valence-corrected chi connectivity index (χ3v) is 4.08. The molecule has 13 nitrogen and oxygen atoms in total. The zero-order valence-electron chi connectivity index (χ0n) is 13.7. The molecule has 0 aromatic carbocycles. The van der Waals surface area contributed by atoms with Gasteiger partial charge in [-0.25, -0.2) is 9.52 Å². The first-order valence-electron chi connectivity index (χ1n) is 6.72. The summed E-state index contributed by atoms with van der Waals surface area (Å²) in [7, 11) is -0.655. The molecule has 0 spiro atoms. The average molecular weight is 385 g/mol. The number of carbonyl (C=O) groups excluding carboxylic acids is 2. The van der Waals surface area contributed by atoms with Gasteiger partial charge in [0.15, 0.2) is 0 Å². The van der Waals surface area contributed by atoms with E-state index in [0.717, 1.165) is 10.9 Å². The van der Waals surface area contributed by atoms with E-state index < -0.39 is 32.6 Å². The van der Waals surface area contributed by atoms with E-state index in [1.54, 1.807) is 4.72 Å². The Morgan fingerprint density at radius 3 is 2.27 bits per heavy atom. The van der Waals surface area contributed by atoms with Crippen LogP contribution in [0.25, 0.3) is 0 Å². The van der Waals surface area contributed by atoms with Crippen LogP contribution in [-0.2, 0) is 17.1 Å². The number of anilines is 1. The van der Waals surface area contributed by atoms with Crippen LogP contribution in [0.1, 0.15) is 10.4 Å². The first-order valence-corrected chi connectivity index (χ1v) is 8.20. The maximum Gasteiger partial charge on any atom is 0.335 e. The van der Waals surface area contributed by atoms with E-state index in [-0.39, 0.29) is 17.7 Å². The largest absolute Gasteiger partial charge is 0.545 e. The van der Waals surface area contributed by atoms with Crippen LogP contribution < -0.4 is 24.6 Å². The van der Waals surface area contributed by atoms with E-state index in [1.165, 1.54) is 27.3 Å². The molecule has 2 amide bonds. The smallest absolute Gasteiger partial charge is 0.335 e. The van der Waals surface area contributed by atoms with Crippen LogP contribution in [0, 0.1) is 0 Å². The Kier molecular flexibility index (Phi) is 5.25. The summed E-state index contributed by atoms with van der Waals surface area (Å²) in [6, 6.07) is 0.0788. The number of ether oxygens (including phenoxy) is 2. The number of aromatic nitrogens is 4. The lowest BCUT2D eigenvalue weighted by Crippen LogP contribution is -2.36. The molecule has 2 N–H and O–H groups in total. The number of rotatable bonds is 6. The van der Waals surface area contributed by atoms with Gasteiger partial charge in [-0.2, -0.15) is 23.5 Å². The molecule has 0 saturated carbocycles. The van der Waals surface area contributed by atoms with Crippen molar-refractivity contribution in [2.45, 2.75) is 5.03 Å². The Balaban J connectivity index is 2.23. The van der Waals surface area contributed by atoms with E-state index in [4.69, 9.17) is 9.47 Å². The number of carboxylic acids is 1. The van der Waals surface area contributed by atoms with Crippen molar-refractivity contribution in [3.63, 3.8) is 0 Å². The second-order valence-electron chi connectivity index (χ2n) is 4.64. The van der Waals surface area contributed by atoms with Crippen LogP contribution in [0.3, 0.4) is 0 Å². The minimum absolute atomic E-state index is 0.0546. The SMILES string of the molecule is COc1cc(OC)nc(NC(=O)NS(=O)(=O)c2nn(C)cc2C(=O)[O-])n1. The number of nitrogens with zero attached hydrogens (tertiary/aromatic N) is 4. The lowest BCUT2D eigenvalue weighted by Gasteiger charge is -2.09. The van der Waals surface area contributed by atoms with Crippen molar-refractivity contribution in [2.24, 2.45) is 7.05 Å². The summed E-state index contributed by atoms with van der Waals surface area (Å²) in [4.78, 5) is 30.5. The Labute approximate surface area is 147 Å². The Morgan fingerprint density at radius 2 is 1.77 bits per heavy atom. The maximum absolute atomic E-state index is 12.2. The number of methoxy groups -OCH3 is 2. The maximum atomic E-state index is 12.2. The third kappa shape index (κ3) is 4.15. The second kappa shape index (κ2) is 7.22. The van der Waals surface area contributed by atoms with Crippen LogP contribution in [0.5, 0.6) is 11.8 Å². The highest BCUT2D eigenvalue weighted by molar-refractivity contribution is 7.90. The molecule has 0 saturated heterocycles. The molecular formula is C12H13N6O7S-. The van der Waals surface area contributed by atoms with Gasteiger partial charge in [0.25, 0.3) is 10.0 Å². The Morgan fingerprint density at radius 1 is 1.19 bits per heavy atom. The fourth-order valence-corrected chi connectivity index (χ4v) is 2.83. The lowest BCUT2D eigenvalue weighted by molar-refractivity contribution is -0.255. The number of sulfonamides is 1. The summed E-state index contributed by atoms with van der Waals surface area (Å²) in [6.07, 6.45) is 0.928. The van der Waals surface area contributed by atoms with Gasteiger partial charge in [-0.3, -0.25) is 10.00 Å². The first-order chi connectivity index (χ1) is 12.2. The highest BCUT2D eigenvalue weighted by Crippen LogP contribution is 2.17. The predicted molar refractivity (Wildman–Crippen MR) is 82.0 cm³/mol. The number of carboxylic acid groups (broad SMARTS) is 1. The molecule has 2 aromatic heterocycles. The summed E-state index contributed by atoms with van der Waals surface area (Å²) in [5, 5.41) is 15.7. The summed E-state index contributed by atoms with van der Waals surface area (Å²) >= 11 is 0. The number of amides is 2. The monoisotopic (exact) mass is 385 g/mol. The molecule has 140 valence electrons. The van der Waals surface area contributed by atoms with Crippen molar-refractivity contribution in [1.29, 1.82) is 0 Å². The molecule has 0 atom stereocenters. The van der Waals surface area contributed by atoms with E-state index in [1.807, 2.05) is 0 Å². The van der Waals surface area contributed by atoms with Crippen molar-refractivity contribution in [2.75, 3.05) is 19.5 Å². The Hall–Kier alpha value is -3.42. The van der Waals surface area contributed by atoms with Gasteiger partial charge >= 0.3 is 6.03 Å². The summed E-state index contributed by atoms with van der Waals surface area (Å²) in [5.74, 6) is -1.97. The molecule has 2 rings (SSSR count). The average Bonchev–Trinajstić information content (AvgIpc) is 2.97. The van der Waals surface area contributed by atoms with Crippen LogP contribution in [0.2, 0.25) is 0 Å². The summed E-state index contributed by atoms with van der Waals surface area (Å²) < 4.78 is 36.7. The number of hydrogen-bond donors (Lipinski definition) is 2. The predicted octanol–water partition coefficient (Wildman–Crippen LogP) is -1.90. The van der Waals surface area contributed by atoms with Gasteiger partial charge in [0.05, 0.1) is 31.8 Å². The first kappa shape index (κ1) is 18.9. The molecule has 26 heavy (non-hydrogen) atoms. The van der Waals surface area contributed by atoms with E-state index in [0.29, 0.717) is 0 Å². The normalized spacial score (nSPS) is 10.9. The van der Waals surface area contributed by atoms with Gasteiger partial charge in [-0.1, -0.05) is 0 Å². The van der Waals surface area contributed by atoms with Crippen LogP contribution >= 0.6 is 0 Å². The van der Waals surface area contributed by atoms with Crippen molar-refractivity contribution in [3.8, 4) is 11.8 Å². The van der Waals surface area contributed by atoms with Crippen molar-refractivity contribution in [1.82, 2.24) is 24.5 Å². The minimum atomic E-state index is -4.60. The third-order valence-electron chi connectivity index (χ3n) is 2.82. The fraction of sp³-hybridized carbons (Fsp3) is 0.250. The number of nitrogens with one attached hydrogen (secondary N) is 2. The van der Waals surface area contributed by atoms with Gasteiger partial charge in [0.1, 0.15) is 0 Å². The van der Waals surface area contributed by atoms with Gasteiger partial charge < -0.3 is 19.4 Å². The molecule has 2 heterocycles. The fourth-order valence-electron chi connectivity index (χ4n) is 1.77. The van der Waals surface area contributed by atoms with Gasteiger partial charge in [0.2, 0.25) is 22.7 Å². The lowest BCUT2D eigenvalue weighted by atomic mass is 10.4. The number of hydrogen-bond acceptors (Lipinski definition) is 10. The van der Waals surface area contributed by atoms with E-state index >= 15 is 0 Å². The molecule has 0 aliphatic heterocycles. The molecule has 2 aromatic rings. The zero-order chi connectivity index (χ0) is 19.5. The molecule has 0 radical (unpaired) electrons. The molecule has 0 aliphatic rings. The van der Waals surface area contributed by atoms with Crippen LogP contribution in [-0.4, -0.2) is 54.4 Å². The Bertz CT molecular complexity index is 933.